The average molecular weight is 343 g/mol. The molecule has 0 saturated carbocycles. The highest BCUT2D eigenvalue weighted by Crippen LogP contribution is 2.16. The van der Waals surface area contributed by atoms with Gasteiger partial charge in [-0.15, -0.1) is 0 Å². The lowest BCUT2D eigenvalue weighted by molar-refractivity contribution is -0.164. The molecule has 1 rings (SSSR count). The van der Waals surface area contributed by atoms with Gasteiger partial charge in [-0.05, 0) is 20.8 Å². The van der Waals surface area contributed by atoms with Crippen molar-refractivity contribution in [3.8, 4) is 0 Å². The zero-order chi connectivity index (χ0) is 18.5. The molecule has 24 heavy (non-hydrogen) atoms. The summed E-state index contributed by atoms with van der Waals surface area (Å²) in [4.78, 5) is 50.5. The number of piperazine rings is 1. The van der Waals surface area contributed by atoms with Gasteiger partial charge in [0.05, 0.1) is 20.1 Å². The third kappa shape index (κ3) is 5.48. The lowest BCUT2D eigenvalue weighted by atomic mass is 10.1. The van der Waals surface area contributed by atoms with Gasteiger partial charge < -0.3 is 25.0 Å². The Morgan fingerprint density at radius 2 is 1.83 bits per heavy atom. The Morgan fingerprint density at radius 3 is 2.33 bits per heavy atom. The first kappa shape index (κ1) is 19.9. The molecule has 0 spiro atoms. The molecule has 1 atom stereocenters. The van der Waals surface area contributed by atoms with Gasteiger partial charge in [0.15, 0.2) is 0 Å². The molecule has 2 amide bonds. The molecule has 0 radical (unpaired) electrons. The number of hydrogen-bond donors (Lipinski definition) is 1. The molecule has 136 valence electrons. The Kier molecular flexibility index (Phi) is 6.70. The fourth-order valence-electron chi connectivity index (χ4n) is 2.38. The third-order valence-corrected chi connectivity index (χ3v) is 3.41. The second kappa shape index (κ2) is 8.09. The molecule has 0 aliphatic carbocycles. The summed E-state index contributed by atoms with van der Waals surface area (Å²) in [7, 11) is 1.20. The van der Waals surface area contributed by atoms with Gasteiger partial charge in [0.25, 0.3) is 0 Å². The molecule has 2 N–H and O–H groups in total. The lowest BCUT2D eigenvalue weighted by Crippen LogP contribution is -2.61. The van der Waals surface area contributed by atoms with Gasteiger partial charge in [-0.25, -0.2) is 0 Å². The maximum absolute atomic E-state index is 12.6. The van der Waals surface area contributed by atoms with E-state index in [-0.39, 0.29) is 32.6 Å². The first-order valence-electron chi connectivity index (χ1n) is 7.66. The van der Waals surface area contributed by atoms with E-state index in [0.29, 0.717) is 0 Å². The highest BCUT2D eigenvalue weighted by Gasteiger charge is 2.39. The zero-order valence-corrected chi connectivity index (χ0v) is 14.5. The van der Waals surface area contributed by atoms with Crippen molar-refractivity contribution >= 4 is 23.8 Å². The number of methoxy groups -OCH3 is 1. The van der Waals surface area contributed by atoms with Gasteiger partial charge in [0.2, 0.25) is 11.8 Å². The van der Waals surface area contributed by atoms with E-state index in [1.807, 2.05) is 0 Å². The summed E-state index contributed by atoms with van der Waals surface area (Å²) in [5.41, 5.74) is 4.69. The molecule has 1 aliphatic rings. The summed E-state index contributed by atoms with van der Waals surface area (Å²) in [6.07, 6.45) is -0.286. The number of hydrogen-bond acceptors (Lipinski definition) is 7. The predicted molar refractivity (Wildman–Crippen MR) is 83.6 cm³/mol. The van der Waals surface area contributed by atoms with Crippen molar-refractivity contribution < 1.29 is 28.7 Å². The Hall–Kier alpha value is -2.16. The summed E-state index contributed by atoms with van der Waals surface area (Å²) in [6, 6.07) is -1.02. The summed E-state index contributed by atoms with van der Waals surface area (Å²) in [5.74, 6) is -2.11. The van der Waals surface area contributed by atoms with Crippen LogP contribution in [-0.4, -0.2) is 78.5 Å². The molecule has 9 heteroatoms. The van der Waals surface area contributed by atoms with E-state index < -0.39 is 35.4 Å². The topological polar surface area (TPSA) is 119 Å². The minimum atomic E-state index is -1.02. The number of ether oxygens (including phenoxy) is 2. The Balaban J connectivity index is 2.85. The number of carbonyl (C=O) groups is 4. The fourth-order valence-corrected chi connectivity index (χ4v) is 2.38. The van der Waals surface area contributed by atoms with E-state index >= 15 is 0 Å². The molecule has 1 fully saturated rings. The highest BCUT2D eigenvalue weighted by atomic mass is 16.6. The Labute approximate surface area is 141 Å². The number of amides is 2. The second-order valence-electron chi connectivity index (χ2n) is 6.43. The van der Waals surface area contributed by atoms with Gasteiger partial charge in [0.1, 0.15) is 18.2 Å². The number of rotatable bonds is 5. The lowest BCUT2D eigenvalue weighted by Gasteiger charge is -2.40. The Morgan fingerprint density at radius 1 is 1.21 bits per heavy atom. The van der Waals surface area contributed by atoms with Crippen molar-refractivity contribution in [2.24, 2.45) is 5.73 Å². The van der Waals surface area contributed by atoms with Crippen LogP contribution in [0.5, 0.6) is 0 Å². The first-order valence-corrected chi connectivity index (χ1v) is 7.66. The molecule has 0 aromatic carbocycles. The minimum absolute atomic E-state index is 0.168. The normalized spacial score (nSPS) is 18.4. The monoisotopic (exact) mass is 343 g/mol. The van der Waals surface area contributed by atoms with Gasteiger partial charge in [-0.1, -0.05) is 0 Å². The van der Waals surface area contributed by atoms with Crippen molar-refractivity contribution in [2.75, 3.05) is 33.3 Å². The maximum atomic E-state index is 12.6. The molecular formula is C15H25N3O6. The Bertz CT molecular complexity index is 514. The SMILES string of the molecule is COC(=O)CC1C(=O)N(CC(=O)OC(C)(C)C)CCN1C(=O)CN. The largest absolute Gasteiger partial charge is 0.469 e. The quantitative estimate of drug-likeness (QED) is 0.629. The smallest absolute Gasteiger partial charge is 0.326 e. The fraction of sp³-hybridized carbons (Fsp3) is 0.733. The highest BCUT2D eigenvalue weighted by molar-refractivity contribution is 5.93. The minimum Gasteiger partial charge on any atom is -0.469 e. The van der Waals surface area contributed by atoms with Crippen molar-refractivity contribution in [2.45, 2.75) is 38.8 Å². The third-order valence-electron chi connectivity index (χ3n) is 3.41. The van der Waals surface area contributed by atoms with Gasteiger partial charge >= 0.3 is 11.9 Å². The van der Waals surface area contributed by atoms with E-state index in [2.05, 4.69) is 4.74 Å². The summed E-state index contributed by atoms with van der Waals surface area (Å²) < 4.78 is 9.77. The van der Waals surface area contributed by atoms with Crippen LogP contribution in [0.25, 0.3) is 0 Å². The zero-order valence-electron chi connectivity index (χ0n) is 14.5. The molecule has 1 unspecified atom stereocenters. The molecular weight excluding hydrogens is 318 g/mol. The number of carbonyl (C=O) groups excluding carboxylic acids is 4. The van der Waals surface area contributed by atoms with Crippen LogP contribution < -0.4 is 5.73 Å². The molecule has 1 saturated heterocycles. The van der Waals surface area contributed by atoms with E-state index in [1.165, 1.54) is 16.9 Å². The number of nitrogens with two attached hydrogens (primary N) is 1. The van der Waals surface area contributed by atoms with E-state index in [9.17, 15) is 19.2 Å². The van der Waals surface area contributed by atoms with Crippen LogP contribution in [0.4, 0.5) is 0 Å². The molecule has 0 aromatic heterocycles. The maximum Gasteiger partial charge on any atom is 0.326 e. The molecule has 0 bridgehead atoms. The second-order valence-corrected chi connectivity index (χ2v) is 6.43. The van der Waals surface area contributed by atoms with Gasteiger partial charge in [-0.3, -0.25) is 19.2 Å². The van der Waals surface area contributed by atoms with Crippen molar-refractivity contribution in [3.63, 3.8) is 0 Å². The van der Waals surface area contributed by atoms with E-state index in [0.717, 1.165) is 0 Å². The summed E-state index contributed by atoms with van der Waals surface area (Å²) in [5, 5.41) is 0. The van der Waals surface area contributed by atoms with Gasteiger partial charge in [0, 0.05) is 13.1 Å². The van der Waals surface area contributed by atoms with Crippen LogP contribution in [0.1, 0.15) is 27.2 Å². The van der Waals surface area contributed by atoms with E-state index in [4.69, 9.17) is 10.5 Å². The number of esters is 2. The van der Waals surface area contributed by atoms with Crippen LogP contribution in [-0.2, 0) is 28.7 Å². The predicted octanol–water partition coefficient (Wildman–Crippen LogP) is -1.11. The van der Waals surface area contributed by atoms with Crippen LogP contribution in [0.2, 0.25) is 0 Å². The molecule has 9 nitrogen and oxygen atoms in total. The molecule has 1 heterocycles. The van der Waals surface area contributed by atoms with Crippen molar-refractivity contribution in [1.82, 2.24) is 9.80 Å². The van der Waals surface area contributed by atoms with Gasteiger partial charge in [-0.2, -0.15) is 0 Å². The molecule has 1 aliphatic heterocycles. The molecule has 0 aromatic rings. The van der Waals surface area contributed by atoms with Crippen LogP contribution in [0, 0.1) is 0 Å². The average Bonchev–Trinajstić information content (AvgIpc) is 2.48. The van der Waals surface area contributed by atoms with Crippen molar-refractivity contribution in [3.05, 3.63) is 0 Å². The van der Waals surface area contributed by atoms with Crippen molar-refractivity contribution in [1.29, 1.82) is 0 Å². The first-order chi connectivity index (χ1) is 11.1. The summed E-state index contributed by atoms with van der Waals surface area (Å²) in [6.45, 7) is 5.03. The number of nitrogens with zero attached hydrogens (tertiary/aromatic N) is 2. The van der Waals surface area contributed by atoms with Crippen LogP contribution in [0.3, 0.4) is 0 Å². The van der Waals surface area contributed by atoms with Crippen LogP contribution in [0.15, 0.2) is 0 Å². The van der Waals surface area contributed by atoms with Crippen LogP contribution >= 0.6 is 0 Å². The standard InChI is InChI=1S/C15H25N3O6/c1-15(2,3)24-13(21)9-17-5-6-18(11(19)8-16)10(14(17)22)7-12(20)23-4/h10H,5-9,16H2,1-4H3. The summed E-state index contributed by atoms with van der Waals surface area (Å²) >= 11 is 0. The van der Waals surface area contributed by atoms with E-state index in [1.54, 1.807) is 20.8 Å².